The number of nitrogens with one attached hydrogen (secondary N) is 1. The smallest absolute Gasteiger partial charge is 0.330 e. The van der Waals surface area contributed by atoms with Gasteiger partial charge < -0.3 is 10.4 Å². The Bertz CT molecular complexity index is 731. The summed E-state index contributed by atoms with van der Waals surface area (Å²) in [7, 11) is 1.85. The van der Waals surface area contributed by atoms with Crippen molar-refractivity contribution in [3.8, 4) is 0 Å². The summed E-state index contributed by atoms with van der Waals surface area (Å²) in [5.41, 5.74) is 2.61. The first kappa shape index (κ1) is 18.7. The maximum absolute atomic E-state index is 12.5. The number of nitrogens with zero attached hydrogens (tertiary/aromatic N) is 1. The monoisotopic (exact) mass is 340 g/mol. The van der Waals surface area contributed by atoms with Crippen LogP contribution in [0.25, 0.3) is 0 Å². The van der Waals surface area contributed by atoms with Crippen LogP contribution in [0.1, 0.15) is 29.7 Å². The molecule has 0 aliphatic rings. The van der Waals surface area contributed by atoms with Gasteiger partial charge in [0.1, 0.15) is 0 Å². The lowest BCUT2D eigenvalue weighted by molar-refractivity contribution is -0.142. The highest BCUT2D eigenvalue weighted by atomic mass is 16.4. The molecule has 0 aromatic heterocycles. The van der Waals surface area contributed by atoms with E-state index >= 15 is 0 Å². The number of hydrogen-bond acceptors (Lipinski definition) is 3. The first-order valence-corrected chi connectivity index (χ1v) is 8.22. The number of carboxylic acids is 1. The van der Waals surface area contributed by atoms with Crippen LogP contribution in [0.15, 0.2) is 54.6 Å². The van der Waals surface area contributed by atoms with E-state index in [-0.39, 0.29) is 5.91 Å². The van der Waals surface area contributed by atoms with Crippen molar-refractivity contribution in [3.63, 3.8) is 0 Å². The normalized spacial score (nSPS) is 13.3. The van der Waals surface area contributed by atoms with Gasteiger partial charge in [0.15, 0.2) is 6.04 Å². The first-order chi connectivity index (χ1) is 11.9. The maximum Gasteiger partial charge on any atom is 0.330 e. The van der Waals surface area contributed by atoms with E-state index in [0.29, 0.717) is 12.1 Å². The number of amides is 1. The third-order valence-electron chi connectivity index (χ3n) is 4.22. The Hall–Kier alpha value is -2.66. The van der Waals surface area contributed by atoms with Crippen LogP contribution in [0.2, 0.25) is 0 Å². The number of aliphatic carboxylic acids is 1. The number of hydrogen-bond donors (Lipinski definition) is 2. The standard InChI is InChI=1S/C20H24N2O3/c1-14-8-7-11-17(12-14)18(20(24)25)21-19(23)15(2)22(3)13-16-9-5-4-6-10-16/h4-12,15,18H,13H2,1-3H3,(H,21,23)(H,24,25). The summed E-state index contributed by atoms with van der Waals surface area (Å²) in [4.78, 5) is 26.0. The fourth-order valence-corrected chi connectivity index (χ4v) is 2.61. The number of rotatable bonds is 7. The van der Waals surface area contributed by atoms with Gasteiger partial charge in [-0.1, -0.05) is 60.2 Å². The van der Waals surface area contributed by atoms with Crippen molar-refractivity contribution in [1.29, 1.82) is 0 Å². The van der Waals surface area contributed by atoms with Crippen molar-refractivity contribution in [2.45, 2.75) is 32.5 Å². The molecule has 0 saturated heterocycles. The van der Waals surface area contributed by atoms with Crippen molar-refractivity contribution < 1.29 is 14.7 Å². The van der Waals surface area contributed by atoms with Gasteiger partial charge in [0.2, 0.25) is 5.91 Å². The molecule has 132 valence electrons. The molecule has 25 heavy (non-hydrogen) atoms. The van der Waals surface area contributed by atoms with Gasteiger partial charge in [0.05, 0.1) is 6.04 Å². The Morgan fingerprint density at radius 3 is 2.40 bits per heavy atom. The Balaban J connectivity index is 2.06. The van der Waals surface area contributed by atoms with Gasteiger partial charge in [-0.15, -0.1) is 0 Å². The highest BCUT2D eigenvalue weighted by Crippen LogP contribution is 2.16. The third kappa shape index (κ3) is 5.16. The molecule has 0 saturated carbocycles. The van der Waals surface area contributed by atoms with Gasteiger partial charge in [0, 0.05) is 6.54 Å². The number of carbonyl (C=O) groups excluding carboxylic acids is 1. The van der Waals surface area contributed by atoms with Crippen molar-refractivity contribution in [2.75, 3.05) is 7.05 Å². The second-order valence-corrected chi connectivity index (χ2v) is 6.27. The summed E-state index contributed by atoms with van der Waals surface area (Å²) >= 11 is 0. The van der Waals surface area contributed by atoms with E-state index in [1.54, 1.807) is 25.1 Å². The molecule has 2 N–H and O–H groups in total. The van der Waals surface area contributed by atoms with Crippen LogP contribution in [0, 0.1) is 6.92 Å². The van der Waals surface area contributed by atoms with Gasteiger partial charge in [-0.25, -0.2) is 4.79 Å². The molecule has 2 unspecified atom stereocenters. The van der Waals surface area contributed by atoms with Gasteiger partial charge >= 0.3 is 5.97 Å². The Morgan fingerprint density at radius 1 is 1.12 bits per heavy atom. The van der Waals surface area contributed by atoms with Crippen molar-refractivity contribution >= 4 is 11.9 Å². The summed E-state index contributed by atoms with van der Waals surface area (Å²) in [5.74, 6) is -1.39. The minimum absolute atomic E-state index is 0.313. The molecule has 5 heteroatoms. The maximum atomic E-state index is 12.5. The zero-order chi connectivity index (χ0) is 18.4. The van der Waals surface area contributed by atoms with E-state index in [0.717, 1.165) is 11.1 Å². The predicted octanol–water partition coefficient (Wildman–Crippen LogP) is 2.76. The fraction of sp³-hybridized carbons (Fsp3) is 0.300. The molecule has 0 aliphatic carbocycles. The minimum atomic E-state index is -1.07. The number of aryl methyl sites for hydroxylation is 1. The molecule has 2 atom stereocenters. The van der Waals surface area contributed by atoms with Crippen LogP contribution in [-0.2, 0) is 16.1 Å². The van der Waals surface area contributed by atoms with Crippen LogP contribution in [-0.4, -0.2) is 35.0 Å². The van der Waals surface area contributed by atoms with Crippen LogP contribution in [0.3, 0.4) is 0 Å². The van der Waals surface area contributed by atoms with Crippen molar-refractivity contribution in [2.24, 2.45) is 0 Å². The number of likely N-dealkylation sites (N-methyl/N-ethyl adjacent to an activating group) is 1. The fourth-order valence-electron chi connectivity index (χ4n) is 2.61. The highest BCUT2D eigenvalue weighted by molar-refractivity contribution is 5.87. The Morgan fingerprint density at radius 2 is 1.80 bits per heavy atom. The van der Waals surface area contributed by atoms with Crippen LogP contribution in [0.5, 0.6) is 0 Å². The van der Waals surface area contributed by atoms with Gasteiger partial charge in [-0.05, 0) is 32.0 Å². The van der Waals surface area contributed by atoms with E-state index in [4.69, 9.17) is 0 Å². The molecule has 0 heterocycles. The second kappa shape index (κ2) is 8.44. The minimum Gasteiger partial charge on any atom is -0.479 e. The Kier molecular flexibility index (Phi) is 6.31. The topological polar surface area (TPSA) is 69.6 Å². The van der Waals surface area contributed by atoms with Crippen LogP contribution >= 0.6 is 0 Å². The highest BCUT2D eigenvalue weighted by Gasteiger charge is 2.26. The average Bonchev–Trinajstić information content (AvgIpc) is 2.59. The number of benzene rings is 2. The molecule has 1 amide bonds. The molecule has 0 spiro atoms. The summed E-state index contributed by atoms with van der Waals surface area (Å²) in [6.07, 6.45) is 0. The zero-order valence-corrected chi connectivity index (χ0v) is 14.8. The van der Waals surface area contributed by atoms with E-state index in [9.17, 15) is 14.7 Å². The summed E-state index contributed by atoms with van der Waals surface area (Å²) in [6.45, 7) is 4.27. The molecule has 0 aliphatic heterocycles. The number of carboxylic acid groups (broad SMARTS) is 1. The molecule has 2 aromatic carbocycles. The molecule has 2 rings (SSSR count). The lowest BCUT2D eigenvalue weighted by Crippen LogP contribution is -2.45. The van der Waals surface area contributed by atoms with E-state index in [2.05, 4.69) is 5.32 Å². The molecular formula is C20H24N2O3. The van der Waals surface area contributed by atoms with E-state index in [1.807, 2.05) is 55.3 Å². The molecular weight excluding hydrogens is 316 g/mol. The SMILES string of the molecule is Cc1cccc(C(NC(=O)C(C)N(C)Cc2ccccc2)C(=O)O)c1. The van der Waals surface area contributed by atoms with Gasteiger partial charge in [-0.2, -0.15) is 0 Å². The van der Waals surface area contributed by atoms with Crippen LogP contribution in [0.4, 0.5) is 0 Å². The van der Waals surface area contributed by atoms with Crippen LogP contribution < -0.4 is 5.32 Å². The van der Waals surface area contributed by atoms with E-state index < -0.39 is 18.1 Å². The number of carbonyl (C=O) groups is 2. The Labute approximate surface area is 148 Å². The van der Waals surface area contributed by atoms with Crippen molar-refractivity contribution in [1.82, 2.24) is 10.2 Å². The average molecular weight is 340 g/mol. The van der Waals surface area contributed by atoms with E-state index in [1.165, 1.54) is 0 Å². The summed E-state index contributed by atoms with van der Waals surface area (Å²) < 4.78 is 0. The van der Waals surface area contributed by atoms with Gasteiger partial charge in [0.25, 0.3) is 0 Å². The summed E-state index contributed by atoms with van der Waals surface area (Å²) in [5, 5.41) is 12.1. The van der Waals surface area contributed by atoms with Crippen molar-refractivity contribution in [3.05, 3.63) is 71.3 Å². The first-order valence-electron chi connectivity index (χ1n) is 8.22. The largest absolute Gasteiger partial charge is 0.479 e. The zero-order valence-electron chi connectivity index (χ0n) is 14.8. The predicted molar refractivity (Wildman–Crippen MR) is 97.1 cm³/mol. The third-order valence-corrected chi connectivity index (χ3v) is 4.22. The lowest BCUT2D eigenvalue weighted by Gasteiger charge is -2.25. The summed E-state index contributed by atoms with van der Waals surface area (Å²) in [6, 6.07) is 15.5. The van der Waals surface area contributed by atoms with Gasteiger partial charge in [-0.3, -0.25) is 9.69 Å². The molecule has 0 bridgehead atoms. The molecule has 5 nitrogen and oxygen atoms in total. The molecule has 0 fully saturated rings. The lowest BCUT2D eigenvalue weighted by atomic mass is 10.0. The molecule has 0 radical (unpaired) electrons. The quantitative estimate of drug-likeness (QED) is 0.813. The second-order valence-electron chi connectivity index (χ2n) is 6.27. The molecule has 2 aromatic rings.